The van der Waals surface area contributed by atoms with Crippen LogP contribution in [0.25, 0.3) is 0 Å². The highest BCUT2D eigenvalue weighted by molar-refractivity contribution is 7.09. The largest absolute Gasteiger partial charge is 0.349 e. The van der Waals surface area contributed by atoms with Crippen molar-refractivity contribution in [2.75, 3.05) is 0 Å². The maximum atomic E-state index is 12.4. The fourth-order valence-electron chi connectivity index (χ4n) is 3.10. The molecule has 122 valence electrons. The zero-order valence-electron chi connectivity index (χ0n) is 13.4. The Hall–Kier alpha value is -1.88. The van der Waals surface area contributed by atoms with Crippen LogP contribution in [-0.4, -0.2) is 16.9 Å². The van der Waals surface area contributed by atoms with E-state index in [1.54, 1.807) is 17.4 Å². The lowest BCUT2D eigenvalue weighted by atomic mass is 10.1. The summed E-state index contributed by atoms with van der Waals surface area (Å²) in [5, 5.41) is 4.97. The van der Waals surface area contributed by atoms with Crippen LogP contribution in [0.1, 0.15) is 52.7 Å². The molecule has 4 nitrogen and oxygen atoms in total. The SMILES string of the molecule is CC(Cc1cccs1)NC(=O)c1cc2c([nH]c1=O)CCCCC2. The molecule has 1 aliphatic carbocycles. The van der Waals surface area contributed by atoms with E-state index in [-0.39, 0.29) is 23.1 Å². The Morgan fingerprint density at radius 2 is 2.17 bits per heavy atom. The number of amides is 1. The van der Waals surface area contributed by atoms with Crippen LogP contribution in [0.5, 0.6) is 0 Å². The maximum Gasteiger partial charge on any atom is 0.261 e. The first-order valence-electron chi connectivity index (χ1n) is 8.22. The number of aromatic amines is 1. The van der Waals surface area contributed by atoms with Gasteiger partial charge in [0.25, 0.3) is 11.5 Å². The number of aromatic nitrogens is 1. The topological polar surface area (TPSA) is 62.0 Å². The molecular weight excluding hydrogens is 308 g/mol. The van der Waals surface area contributed by atoms with Crippen LogP contribution in [0.3, 0.4) is 0 Å². The molecule has 2 aromatic rings. The molecule has 0 fully saturated rings. The molecular formula is C18H22N2O2S. The van der Waals surface area contributed by atoms with Crippen molar-refractivity contribution in [2.24, 2.45) is 0 Å². The molecule has 0 aromatic carbocycles. The predicted molar refractivity (Wildman–Crippen MR) is 93.3 cm³/mol. The molecule has 2 heterocycles. The number of hydrogen-bond acceptors (Lipinski definition) is 3. The molecule has 0 saturated carbocycles. The van der Waals surface area contributed by atoms with E-state index in [0.717, 1.165) is 43.4 Å². The number of fused-ring (bicyclic) bond motifs is 1. The molecule has 1 atom stereocenters. The van der Waals surface area contributed by atoms with Gasteiger partial charge in [0.2, 0.25) is 0 Å². The summed E-state index contributed by atoms with van der Waals surface area (Å²) >= 11 is 1.68. The zero-order valence-corrected chi connectivity index (χ0v) is 14.2. The first kappa shape index (κ1) is 16.0. The van der Waals surface area contributed by atoms with E-state index in [9.17, 15) is 9.59 Å². The Labute approximate surface area is 140 Å². The summed E-state index contributed by atoms with van der Waals surface area (Å²) in [7, 11) is 0. The lowest BCUT2D eigenvalue weighted by Gasteiger charge is -2.14. The van der Waals surface area contributed by atoms with E-state index < -0.39 is 0 Å². The molecule has 0 saturated heterocycles. The lowest BCUT2D eigenvalue weighted by Crippen LogP contribution is -2.37. The van der Waals surface area contributed by atoms with Gasteiger partial charge in [-0.25, -0.2) is 0 Å². The number of aryl methyl sites for hydroxylation is 2. The molecule has 0 radical (unpaired) electrons. The minimum Gasteiger partial charge on any atom is -0.349 e. The standard InChI is InChI=1S/C18H22N2O2S/c1-12(10-14-7-5-9-23-14)19-17(21)15-11-13-6-3-2-4-8-16(13)20-18(15)22/h5,7,9,11-12H,2-4,6,8,10H2,1H3,(H,19,21)(H,20,22). The van der Waals surface area contributed by atoms with Crippen LogP contribution in [0.15, 0.2) is 28.4 Å². The summed E-state index contributed by atoms with van der Waals surface area (Å²) < 4.78 is 0. The van der Waals surface area contributed by atoms with Crippen LogP contribution in [0, 0.1) is 0 Å². The second-order valence-electron chi connectivity index (χ2n) is 6.23. The second-order valence-corrected chi connectivity index (χ2v) is 7.27. The van der Waals surface area contributed by atoms with Gasteiger partial charge in [0.05, 0.1) is 0 Å². The van der Waals surface area contributed by atoms with Crippen molar-refractivity contribution in [1.29, 1.82) is 0 Å². The summed E-state index contributed by atoms with van der Waals surface area (Å²) in [6.45, 7) is 1.97. The van der Waals surface area contributed by atoms with E-state index in [0.29, 0.717) is 0 Å². The Bertz CT molecular complexity index is 734. The number of thiophene rings is 1. The molecule has 0 spiro atoms. The molecule has 1 amide bonds. The van der Waals surface area contributed by atoms with Crippen molar-refractivity contribution in [3.8, 4) is 0 Å². The Morgan fingerprint density at radius 1 is 1.35 bits per heavy atom. The number of H-pyrrole nitrogens is 1. The minimum atomic E-state index is -0.276. The Morgan fingerprint density at radius 3 is 2.96 bits per heavy atom. The molecule has 0 aliphatic heterocycles. The lowest BCUT2D eigenvalue weighted by molar-refractivity contribution is 0.0938. The monoisotopic (exact) mass is 330 g/mol. The Kier molecular flexibility index (Phi) is 4.96. The molecule has 2 aromatic heterocycles. The van der Waals surface area contributed by atoms with Gasteiger partial charge in [0, 0.05) is 23.0 Å². The van der Waals surface area contributed by atoms with Gasteiger partial charge in [-0.05, 0) is 55.7 Å². The maximum absolute atomic E-state index is 12.4. The fourth-order valence-corrected chi connectivity index (χ4v) is 3.94. The minimum absolute atomic E-state index is 0.000592. The van der Waals surface area contributed by atoms with Gasteiger partial charge >= 0.3 is 0 Å². The molecule has 1 unspecified atom stereocenters. The highest BCUT2D eigenvalue weighted by atomic mass is 32.1. The van der Waals surface area contributed by atoms with Gasteiger partial charge < -0.3 is 10.3 Å². The number of pyridine rings is 1. The van der Waals surface area contributed by atoms with Crippen LogP contribution >= 0.6 is 11.3 Å². The van der Waals surface area contributed by atoms with E-state index >= 15 is 0 Å². The average molecular weight is 330 g/mol. The van der Waals surface area contributed by atoms with Gasteiger partial charge in [0.15, 0.2) is 0 Å². The number of nitrogens with one attached hydrogen (secondary N) is 2. The highest BCUT2D eigenvalue weighted by Gasteiger charge is 2.18. The number of carbonyl (C=O) groups excluding carboxylic acids is 1. The van der Waals surface area contributed by atoms with E-state index in [2.05, 4.69) is 16.4 Å². The van der Waals surface area contributed by atoms with Crippen LogP contribution < -0.4 is 10.9 Å². The third-order valence-electron chi connectivity index (χ3n) is 4.30. The van der Waals surface area contributed by atoms with Gasteiger partial charge in [-0.15, -0.1) is 11.3 Å². The predicted octanol–water partition coefficient (Wildman–Crippen LogP) is 3.07. The zero-order chi connectivity index (χ0) is 16.2. The summed E-state index contributed by atoms with van der Waals surface area (Å²) in [4.78, 5) is 28.8. The Balaban J connectivity index is 1.74. The smallest absolute Gasteiger partial charge is 0.261 e. The number of carbonyl (C=O) groups is 1. The molecule has 23 heavy (non-hydrogen) atoms. The van der Waals surface area contributed by atoms with Crippen molar-refractivity contribution < 1.29 is 4.79 Å². The number of hydrogen-bond donors (Lipinski definition) is 2. The third-order valence-corrected chi connectivity index (χ3v) is 5.20. The summed E-state index contributed by atoms with van der Waals surface area (Å²) in [6, 6.07) is 5.86. The average Bonchev–Trinajstić information content (AvgIpc) is 2.90. The van der Waals surface area contributed by atoms with Crippen molar-refractivity contribution >= 4 is 17.2 Å². The van der Waals surface area contributed by atoms with Gasteiger partial charge in [-0.1, -0.05) is 12.5 Å². The van der Waals surface area contributed by atoms with Gasteiger partial charge in [0.1, 0.15) is 5.56 Å². The van der Waals surface area contributed by atoms with Gasteiger partial charge in [-0.3, -0.25) is 9.59 Å². The van der Waals surface area contributed by atoms with Crippen LogP contribution in [0.4, 0.5) is 0 Å². The quantitative estimate of drug-likeness (QED) is 0.846. The van der Waals surface area contributed by atoms with E-state index in [1.807, 2.05) is 18.4 Å². The third kappa shape index (κ3) is 3.91. The molecule has 1 aliphatic rings. The molecule has 5 heteroatoms. The van der Waals surface area contributed by atoms with Crippen molar-refractivity contribution in [1.82, 2.24) is 10.3 Å². The summed E-state index contributed by atoms with van der Waals surface area (Å²) in [5.74, 6) is -0.276. The molecule has 0 bridgehead atoms. The number of rotatable bonds is 4. The van der Waals surface area contributed by atoms with Gasteiger partial charge in [-0.2, -0.15) is 0 Å². The van der Waals surface area contributed by atoms with Crippen molar-refractivity contribution in [3.63, 3.8) is 0 Å². The van der Waals surface area contributed by atoms with Crippen LogP contribution in [0.2, 0.25) is 0 Å². The highest BCUT2D eigenvalue weighted by Crippen LogP contribution is 2.18. The van der Waals surface area contributed by atoms with E-state index in [1.165, 1.54) is 11.3 Å². The normalized spacial score (nSPS) is 15.5. The molecule has 2 N–H and O–H groups in total. The summed E-state index contributed by atoms with van der Waals surface area (Å²) in [6.07, 6.45) is 6.03. The second kappa shape index (κ2) is 7.13. The summed E-state index contributed by atoms with van der Waals surface area (Å²) in [5.41, 5.74) is 2.10. The fraction of sp³-hybridized carbons (Fsp3) is 0.444. The first-order chi connectivity index (χ1) is 11.1. The molecule has 3 rings (SSSR count). The van der Waals surface area contributed by atoms with Crippen molar-refractivity contribution in [3.05, 3.63) is 55.6 Å². The van der Waals surface area contributed by atoms with Crippen molar-refractivity contribution in [2.45, 2.75) is 51.5 Å². The first-order valence-corrected chi connectivity index (χ1v) is 9.10. The van der Waals surface area contributed by atoms with E-state index in [4.69, 9.17) is 0 Å². The van der Waals surface area contributed by atoms with Crippen LogP contribution in [-0.2, 0) is 19.3 Å².